The van der Waals surface area contributed by atoms with E-state index in [1.807, 2.05) is 0 Å². The largest absolute Gasteiger partial charge is 0.463 e. The van der Waals surface area contributed by atoms with Crippen LogP contribution < -0.4 is 0 Å². The van der Waals surface area contributed by atoms with E-state index in [0.717, 1.165) is 37.8 Å². The Kier molecular flexibility index (Phi) is 19.0. The number of carbonyl (C=O) groups excluding carboxylic acids is 2. The van der Waals surface area contributed by atoms with E-state index in [1.165, 1.54) is 64.2 Å². The third-order valence-electron chi connectivity index (χ3n) is 4.34. The lowest BCUT2D eigenvalue weighted by molar-refractivity contribution is -0.140. The minimum atomic E-state index is -0.470. The van der Waals surface area contributed by atoms with Crippen LogP contribution in [0.3, 0.4) is 0 Å². The fraction of sp³-hybridized carbons (Fsp3) is 0.818. The average molecular weight is 369 g/mol. The molecule has 0 amide bonds. The lowest BCUT2D eigenvalue weighted by Gasteiger charge is -2.03. The van der Waals surface area contributed by atoms with Crippen molar-refractivity contribution < 1.29 is 19.1 Å². The molecule has 0 atom stereocenters. The maximum Gasteiger partial charge on any atom is 0.331 e. The first kappa shape index (κ1) is 24.7. The molecule has 26 heavy (non-hydrogen) atoms. The molecule has 0 aliphatic heterocycles. The Balaban J connectivity index is 3.45. The number of ether oxygens (including phenoxy) is 2. The summed E-state index contributed by atoms with van der Waals surface area (Å²) in [7, 11) is 0. The van der Waals surface area contributed by atoms with Gasteiger partial charge in [-0.1, -0.05) is 90.9 Å². The molecule has 0 aromatic heterocycles. The van der Waals surface area contributed by atoms with Crippen molar-refractivity contribution in [1.29, 1.82) is 0 Å². The van der Waals surface area contributed by atoms with Gasteiger partial charge in [-0.3, -0.25) is 0 Å². The molecule has 0 bridgehead atoms. The summed E-state index contributed by atoms with van der Waals surface area (Å²) in [5.41, 5.74) is 0. The normalized spacial score (nSPS) is 11.0. The molecule has 0 N–H and O–H groups in total. The van der Waals surface area contributed by atoms with Crippen LogP contribution in [-0.4, -0.2) is 25.2 Å². The summed E-state index contributed by atoms with van der Waals surface area (Å²) in [6, 6.07) is 0. The van der Waals surface area contributed by atoms with Gasteiger partial charge in [0.15, 0.2) is 0 Å². The Morgan fingerprint density at radius 2 is 0.846 bits per heavy atom. The summed E-state index contributed by atoms with van der Waals surface area (Å²) in [5, 5.41) is 0. The maximum absolute atomic E-state index is 11.5. The van der Waals surface area contributed by atoms with E-state index in [1.54, 1.807) is 0 Å². The Morgan fingerprint density at radius 3 is 1.19 bits per heavy atom. The van der Waals surface area contributed by atoms with Crippen LogP contribution in [0.4, 0.5) is 0 Å². The summed E-state index contributed by atoms with van der Waals surface area (Å²) in [6.07, 6.45) is 18.9. The highest BCUT2D eigenvalue weighted by atomic mass is 16.5. The van der Waals surface area contributed by atoms with E-state index >= 15 is 0 Å². The van der Waals surface area contributed by atoms with Crippen molar-refractivity contribution in [3.63, 3.8) is 0 Å². The smallest absolute Gasteiger partial charge is 0.331 e. The lowest BCUT2D eigenvalue weighted by atomic mass is 10.1. The molecule has 152 valence electrons. The predicted octanol–water partition coefficient (Wildman–Crippen LogP) is 6.13. The SMILES string of the molecule is CCCCCCCCCCOC(=O)/C=C/C(=O)OCCCCCCCC. The van der Waals surface area contributed by atoms with Gasteiger partial charge in [-0.05, 0) is 12.8 Å². The van der Waals surface area contributed by atoms with E-state index in [9.17, 15) is 9.59 Å². The van der Waals surface area contributed by atoms with Gasteiger partial charge < -0.3 is 9.47 Å². The Hall–Kier alpha value is -1.32. The minimum Gasteiger partial charge on any atom is -0.463 e. The first-order valence-electron chi connectivity index (χ1n) is 10.7. The molecule has 0 rings (SSSR count). The molecule has 0 aromatic carbocycles. The molecule has 0 heterocycles. The fourth-order valence-corrected chi connectivity index (χ4v) is 2.70. The number of unbranched alkanes of at least 4 members (excludes halogenated alkanes) is 12. The molecule has 0 radical (unpaired) electrons. The van der Waals surface area contributed by atoms with Crippen molar-refractivity contribution in [1.82, 2.24) is 0 Å². The van der Waals surface area contributed by atoms with Gasteiger partial charge in [-0.2, -0.15) is 0 Å². The standard InChI is InChI=1S/C22H40O4/c1-3-5-7-9-11-12-14-16-20-26-22(24)18-17-21(23)25-19-15-13-10-8-6-4-2/h17-18H,3-16,19-20H2,1-2H3/b18-17+. The van der Waals surface area contributed by atoms with Crippen LogP contribution in [0.25, 0.3) is 0 Å². The fourth-order valence-electron chi connectivity index (χ4n) is 2.70. The molecular weight excluding hydrogens is 328 g/mol. The molecule has 0 spiro atoms. The minimum absolute atomic E-state index is 0.419. The lowest BCUT2D eigenvalue weighted by Crippen LogP contribution is -2.06. The summed E-state index contributed by atoms with van der Waals surface area (Å²) < 4.78 is 10.1. The van der Waals surface area contributed by atoms with Crippen LogP contribution in [0.1, 0.15) is 104 Å². The predicted molar refractivity (Wildman–Crippen MR) is 107 cm³/mol. The summed E-state index contributed by atoms with van der Waals surface area (Å²) in [6.45, 7) is 5.25. The topological polar surface area (TPSA) is 52.6 Å². The quantitative estimate of drug-likeness (QED) is 0.166. The zero-order valence-electron chi connectivity index (χ0n) is 17.1. The molecule has 4 heteroatoms. The van der Waals surface area contributed by atoms with Gasteiger partial charge in [0.25, 0.3) is 0 Å². The van der Waals surface area contributed by atoms with Crippen molar-refractivity contribution in [2.75, 3.05) is 13.2 Å². The van der Waals surface area contributed by atoms with Crippen LogP contribution >= 0.6 is 0 Å². The van der Waals surface area contributed by atoms with Crippen LogP contribution in [0.2, 0.25) is 0 Å². The molecular formula is C22H40O4. The molecule has 0 aromatic rings. The zero-order chi connectivity index (χ0) is 19.3. The van der Waals surface area contributed by atoms with Gasteiger partial charge in [-0.15, -0.1) is 0 Å². The van der Waals surface area contributed by atoms with Gasteiger partial charge in [0.05, 0.1) is 13.2 Å². The number of rotatable bonds is 18. The van der Waals surface area contributed by atoms with Crippen molar-refractivity contribution >= 4 is 11.9 Å². The molecule has 0 aliphatic rings. The maximum atomic E-state index is 11.5. The molecule has 0 unspecified atom stereocenters. The second-order valence-electron chi connectivity index (χ2n) is 6.91. The van der Waals surface area contributed by atoms with Crippen LogP contribution in [0.5, 0.6) is 0 Å². The highest BCUT2D eigenvalue weighted by molar-refractivity contribution is 5.91. The number of esters is 2. The first-order chi connectivity index (χ1) is 12.7. The number of carbonyl (C=O) groups is 2. The van der Waals surface area contributed by atoms with E-state index in [-0.39, 0.29) is 0 Å². The molecule has 0 fully saturated rings. The first-order valence-corrected chi connectivity index (χ1v) is 10.7. The van der Waals surface area contributed by atoms with Crippen LogP contribution in [0, 0.1) is 0 Å². The average Bonchev–Trinajstić information content (AvgIpc) is 2.64. The molecule has 4 nitrogen and oxygen atoms in total. The van der Waals surface area contributed by atoms with E-state index in [4.69, 9.17) is 9.47 Å². The zero-order valence-corrected chi connectivity index (χ0v) is 17.1. The van der Waals surface area contributed by atoms with Crippen molar-refractivity contribution in [2.45, 2.75) is 104 Å². The van der Waals surface area contributed by atoms with E-state index in [2.05, 4.69) is 13.8 Å². The third kappa shape index (κ3) is 19.0. The number of hydrogen-bond donors (Lipinski definition) is 0. The monoisotopic (exact) mass is 368 g/mol. The second-order valence-corrected chi connectivity index (χ2v) is 6.91. The second kappa shape index (κ2) is 20.0. The van der Waals surface area contributed by atoms with Crippen molar-refractivity contribution in [3.8, 4) is 0 Å². The Labute approximate surface area is 160 Å². The van der Waals surface area contributed by atoms with Crippen LogP contribution in [0.15, 0.2) is 12.2 Å². The van der Waals surface area contributed by atoms with Crippen molar-refractivity contribution in [2.24, 2.45) is 0 Å². The Morgan fingerprint density at radius 1 is 0.538 bits per heavy atom. The van der Waals surface area contributed by atoms with Gasteiger partial charge >= 0.3 is 11.9 Å². The summed E-state index contributed by atoms with van der Waals surface area (Å²) >= 11 is 0. The van der Waals surface area contributed by atoms with Crippen molar-refractivity contribution in [3.05, 3.63) is 12.2 Å². The Bertz CT molecular complexity index is 363. The van der Waals surface area contributed by atoms with E-state index < -0.39 is 11.9 Å². The van der Waals surface area contributed by atoms with Crippen LogP contribution in [-0.2, 0) is 19.1 Å². The third-order valence-corrected chi connectivity index (χ3v) is 4.34. The van der Waals surface area contributed by atoms with Gasteiger partial charge in [0, 0.05) is 12.2 Å². The van der Waals surface area contributed by atoms with Gasteiger partial charge in [0.1, 0.15) is 0 Å². The van der Waals surface area contributed by atoms with E-state index in [0.29, 0.717) is 13.2 Å². The van der Waals surface area contributed by atoms with Gasteiger partial charge in [0.2, 0.25) is 0 Å². The molecule has 0 saturated carbocycles. The highest BCUT2D eigenvalue weighted by Crippen LogP contribution is 2.08. The molecule has 0 aliphatic carbocycles. The summed E-state index contributed by atoms with van der Waals surface area (Å²) in [4.78, 5) is 23.0. The molecule has 0 saturated heterocycles. The highest BCUT2D eigenvalue weighted by Gasteiger charge is 2.01. The van der Waals surface area contributed by atoms with Gasteiger partial charge in [-0.25, -0.2) is 9.59 Å². The number of hydrogen-bond acceptors (Lipinski definition) is 4. The summed E-state index contributed by atoms with van der Waals surface area (Å²) in [5.74, 6) is -0.938.